The Hall–Kier alpha value is -0.790. The Labute approximate surface area is 149 Å². The van der Waals surface area contributed by atoms with Crippen molar-refractivity contribution >= 4 is 27.3 Å². The van der Waals surface area contributed by atoms with Crippen LogP contribution in [0.2, 0.25) is 0 Å². The third-order valence-electron chi connectivity index (χ3n) is 3.17. The zero-order chi connectivity index (χ0) is 16.3. The Morgan fingerprint density at radius 1 is 1.09 bits per heavy atom. The van der Waals surface area contributed by atoms with Gasteiger partial charge in [-0.2, -0.15) is 0 Å². The smallest absolute Gasteiger partial charge is 0.120 e. The summed E-state index contributed by atoms with van der Waals surface area (Å²) in [7, 11) is 0. The first-order chi connectivity index (χ1) is 11.2. The van der Waals surface area contributed by atoms with Crippen LogP contribution in [0.15, 0.2) is 40.3 Å². The van der Waals surface area contributed by atoms with Crippen molar-refractivity contribution in [2.24, 2.45) is 0 Å². The fraction of sp³-hybridized carbons (Fsp3) is 0.471. The molecule has 1 atom stereocenters. The summed E-state index contributed by atoms with van der Waals surface area (Å²) in [4.78, 5) is 4.27. The van der Waals surface area contributed by atoms with Gasteiger partial charge in [0.15, 0.2) is 0 Å². The molecule has 2 aromatic rings. The second kappa shape index (κ2) is 10.9. The van der Waals surface area contributed by atoms with Gasteiger partial charge in [0.1, 0.15) is 9.61 Å². The Bertz CT molecular complexity index is 550. The summed E-state index contributed by atoms with van der Waals surface area (Å²) in [5.74, 6) is 0. The third kappa shape index (κ3) is 8.04. The summed E-state index contributed by atoms with van der Waals surface area (Å²) in [6.45, 7) is 5.12. The topological polar surface area (TPSA) is 40.6 Å². The van der Waals surface area contributed by atoms with Crippen LogP contribution in [0.5, 0.6) is 0 Å². The highest BCUT2D eigenvalue weighted by Crippen LogP contribution is 2.15. The molecule has 4 nitrogen and oxygen atoms in total. The van der Waals surface area contributed by atoms with E-state index in [-0.39, 0.29) is 6.10 Å². The lowest BCUT2D eigenvalue weighted by molar-refractivity contribution is 0.00441. The predicted molar refractivity (Wildman–Crippen MR) is 95.6 cm³/mol. The molecule has 23 heavy (non-hydrogen) atoms. The number of hydrogen-bond donors (Lipinski definition) is 0. The number of ether oxygens (including phenoxy) is 3. The third-order valence-corrected chi connectivity index (χ3v) is 4.70. The number of thiazole rings is 1. The van der Waals surface area contributed by atoms with Gasteiger partial charge in [0.05, 0.1) is 32.5 Å². The van der Waals surface area contributed by atoms with Crippen LogP contribution in [0.4, 0.5) is 0 Å². The lowest BCUT2D eigenvalue weighted by Crippen LogP contribution is -2.13. The molecular formula is C17H22BrNO3S. The van der Waals surface area contributed by atoms with E-state index in [4.69, 9.17) is 14.2 Å². The van der Waals surface area contributed by atoms with E-state index in [0.717, 1.165) is 16.0 Å². The Morgan fingerprint density at radius 2 is 1.87 bits per heavy atom. The van der Waals surface area contributed by atoms with E-state index in [1.165, 1.54) is 5.56 Å². The van der Waals surface area contributed by atoms with Crippen molar-refractivity contribution in [3.05, 3.63) is 50.9 Å². The van der Waals surface area contributed by atoms with Crippen molar-refractivity contribution in [2.75, 3.05) is 19.8 Å². The molecule has 0 unspecified atom stereocenters. The van der Waals surface area contributed by atoms with E-state index in [0.29, 0.717) is 33.0 Å². The van der Waals surface area contributed by atoms with E-state index in [2.05, 4.69) is 40.0 Å². The van der Waals surface area contributed by atoms with E-state index < -0.39 is 0 Å². The number of hydrogen-bond acceptors (Lipinski definition) is 5. The molecule has 0 aliphatic carbocycles. The summed E-state index contributed by atoms with van der Waals surface area (Å²) >= 11 is 4.91. The van der Waals surface area contributed by atoms with Crippen LogP contribution >= 0.6 is 27.3 Å². The molecule has 0 spiro atoms. The SMILES string of the molecule is C[C@H](CCOCCOCc1nc(Br)cs1)OCc1ccccc1. The van der Waals surface area contributed by atoms with Gasteiger partial charge in [-0.25, -0.2) is 4.98 Å². The van der Waals surface area contributed by atoms with Crippen LogP contribution in [0.1, 0.15) is 23.9 Å². The minimum atomic E-state index is 0.184. The van der Waals surface area contributed by atoms with Crippen LogP contribution in [-0.4, -0.2) is 30.9 Å². The molecule has 0 saturated heterocycles. The maximum atomic E-state index is 5.79. The quantitative estimate of drug-likeness (QED) is 0.523. The Morgan fingerprint density at radius 3 is 2.61 bits per heavy atom. The molecule has 0 amide bonds. The van der Waals surface area contributed by atoms with Crippen LogP contribution < -0.4 is 0 Å². The number of aromatic nitrogens is 1. The summed E-state index contributed by atoms with van der Waals surface area (Å²) in [6.07, 6.45) is 1.07. The monoisotopic (exact) mass is 399 g/mol. The normalized spacial score (nSPS) is 12.4. The van der Waals surface area contributed by atoms with Crippen molar-refractivity contribution < 1.29 is 14.2 Å². The molecule has 0 radical (unpaired) electrons. The number of rotatable bonds is 11. The first kappa shape index (κ1) is 18.5. The number of benzene rings is 1. The molecule has 0 saturated carbocycles. The molecular weight excluding hydrogens is 378 g/mol. The van der Waals surface area contributed by atoms with Gasteiger partial charge in [-0.1, -0.05) is 30.3 Å². The maximum Gasteiger partial charge on any atom is 0.120 e. The summed E-state index contributed by atoms with van der Waals surface area (Å²) in [5, 5.41) is 2.92. The number of halogens is 1. The largest absolute Gasteiger partial charge is 0.379 e. The first-order valence-corrected chi connectivity index (χ1v) is 9.32. The zero-order valence-electron chi connectivity index (χ0n) is 13.2. The standard InChI is InChI=1S/C17H22BrNO3S/c1-14(22-11-15-5-3-2-4-6-15)7-8-20-9-10-21-12-17-19-16(18)13-23-17/h2-6,13-14H,7-12H2,1H3/t14-/m1/s1. The highest BCUT2D eigenvalue weighted by Gasteiger charge is 2.03. The molecule has 126 valence electrons. The Balaban J connectivity index is 1.44. The van der Waals surface area contributed by atoms with Crippen molar-refractivity contribution in [3.8, 4) is 0 Å². The van der Waals surface area contributed by atoms with Gasteiger partial charge in [0.25, 0.3) is 0 Å². The lowest BCUT2D eigenvalue weighted by Gasteiger charge is -2.13. The molecule has 0 bridgehead atoms. The predicted octanol–water partition coefficient (Wildman–Crippen LogP) is 4.43. The molecule has 0 aliphatic rings. The molecule has 0 fully saturated rings. The summed E-state index contributed by atoms with van der Waals surface area (Å²) < 4.78 is 17.7. The number of nitrogens with zero attached hydrogens (tertiary/aromatic N) is 1. The van der Waals surface area contributed by atoms with Gasteiger partial charge < -0.3 is 14.2 Å². The van der Waals surface area contributed by atoms with Crippen LogP contribution in [0, 0.1) is 0 Å². The van der Waals surface area contributed by atoms with Gasteiger partial charge in [-0.05, 0) is 34.8 Å². The Kier molecular flexibility index (Phi) is 8.78. The second-order valence-electron chi connectivity index (χ2n) is 5.12. The highest BCUT2D eigenvalue weighted by molar-refractivity contribution is 9.10. The van der Waals surface area contributed by atoms with Gasteiger partial charge in [-0.15, -0.1) is 11.3 Å². The molecule has 6 heteroatoms. The van der Waals surface area contributed by atoms with Crippen LogP contribution in [0.3, 0.4) is 0 Å². The van der Waals surface area contributed by atoms with E-state index >= 15 is 0 Å². The van der Waals surface area contributed by atoms with Crippen molar-refractivity contribution in [1.29, 1.82) is 0 Å². The molecule has 1 aromatic carbocycles. The average molecular weight is 400 g/mol. The van der Waals surface area contributed by atoms with Gasteiger partial charge in [0.2, 0.25) is 0 Å². The van der Waals surface area contributed by atoms with Crippen LogP contribution in [-0.2, 0) is 27.4 Å². The van der Waals surface area contributed by atoms with E-state index in [9.17, 15) is 0 Å². The first-order valence-electron chi connectivity index (χ1n) is 7.65. The van der Waals surface area contributed by atoms with Crippen molar-refractivity contribution in [3.63, 3.8) is 0 Å². The van der Waals surface area contributed by atoms with Crippen LogP contribution in [0.25, 0.3) is 0 Å². The summed E-state index contributed by atoms with van der Waals surface area (Å²) in [5.41, 5.74) is 1.20. The zero-order valence-corrected chi connectivity index (χ0v) is 15.6. The average Bonchev–Trinajstić information content (AvgIpc) is 2.98. The van der Waals surface area contributed by atoms with Crippen molar-refractivity contribution in [1.82, 2.24) is 4.98 Å². The van der Waals surface area contributed by atoms with E-state index in [1.54, 1.807) is 11.3 Å². The van der Waals surface area contributed by atoms with Gasteiger partial charge >= 0.3 is 0 Å². The molecule has 2 rings (SSSR count). The highest BCUT2D eigenvalue weighted by atomic mass is 79.9. The molecule has 0 aliphatic heterocycles. The second-order valence-corrected chi connectivity index (χ2v) is 6.88. The van der Waals surface area contributed by atoms with Gasteiger partial charge in [-0.3, -0.25) is 0 Å². The fourth-order valence-electron chi connectivity index (χ4n) is 1.88. The van der Waals surface area contributed by atoms with Crippen molar-refractivity contribution in [2.45, 2.75) is 32.7 Å². The fourth-order valence-corrected chi connectivity index (χ4v) is 3.08. The minimum Gasteiger partial charge on any atom is -0.379 e. The summed E-state index contributed by atoms with van der Waals surface area (Å²) in [6, 6.07) is 10.2. The van der Waals surface area contributed by atoms with E-state index in [1.807, 2.05) is 23.6 Å². The molecule has 1 heterocycles. The molecule has 0 N–H and O–H groups in total. The molecule has 1 aromatic heterocycles. The maximum absolute atomic E-state index is 5.79. The minimum absolute atomic E-state index is 0.184. The lowest BCUT2D eigenvalue weighted by atomic mass is 10.2. The van der Waals surface area contributed by atoms with Gasteiger partial charge in [0, 0.05) is 12.0 Å².